The third-order valence-electron chi connectivity index (χ3n) is 10.7. The fourth-order valence-electron chi connectivity index (χ4n) is 7.62. The SMILES string of the molecule is C[C@H]1CCCN1Cc1nc2cc(NC(=O)C3=CCC(CCCCNc4cccc5c4C(=O)N(C4CCC(=O)NC4=O)C5=O)(C(N)=O)C=C3)ccc2[nH]1. The number of hydrogen-bond donors (Lipinski definition) is 5. The average Bonchev–Trinajstić information content (AvgIpc) is 3.79. The maximum Gasteiger partial charge on any atom is 0.264 e. The number of primary amides is 1. The predicted molar refractivity (Wildman–Crippen MR) is 193 cm³/mol. The zero-order valence-electron chi connectivity index (χ0n) is 29.0. The number of unbranched alkanes of at least 4 members (excludes halogenated alkanes) is 1. The molecule has 2 fully saturated rings. The van der Waals surface area contributed by atoms with Crippen molar-refractivity contribution in [3.05, 3.63) is 77.2 Å². The summed E-state index contributed by atoms with van der Waals surface area (Å²) >= 11 is 0. The summed E-state index contributed by atoms with van der Waals surface area (Å²) in [6, 6.07) is 10.00. The molecule has 7 rings (SSSR count). The monoisotopic (exact) mass is 706 g/mol. The Kier molecular flexibility index (Phi) is 9.49. The lowest BCUT2D eigenvalue weighted by Crippen LogP contribution is -2.54. The summed E-state index contributed by atoms with van der Waals surface area (Å²) in [4.78, 5) is 87.8. The first-order valence-corrected chi connectivity index (χ1v) is 17.8. The van der Waals surface area contributed by atoms with Crippen molar-refractivity contribution in [1.82, 2.24) is 25.1 Å². The van der Waals surface area contributed by atoms with Gasteiger partial charge in [-0.05, 0) is 82.3 Å². The number of aromatic amines is 1. The van der Waals surface area contributed by atoms with E-state index in [0.29, 0.717) is 48.8 Å². The van der Waals surface area contributed by atoms with Crippen molar-refractivity contribution in [2.24, 2.45) is 11.1 Å². The molecule has 4 aliphatic rings. The number of nitrogens with two attached hydrogens (primary N) is 1. The van der Waals surface area contributed by atoms with E-state index in [1.165, 1.54) is 12.8 Å². The fourth-order valence-corrected chi connectivity index (χ4v) is 7.62. The minimum Gasteiger partial charge on any atom is -0.384 e. The molecule has 0 radical (unpaired) electrons. The predicted octanol–water partition coefficient (Wildman–Crippen LogP) is 3.53. The number of fused-ring (bicyclic) bond motifs is 2. The summed E-state index contributed by atoms with van der Waals surface area (Å²) < 4.78 is 0. The normalized spacial score (nSPS) is 23.2. The van der Waals surface area contributed by atoms with E-state index in [1.807, 2.05) is 18.2 Å². The van der Waals surface area contributed by atoms with E-state index in [-0.39, 0.29) is 36.3 Å². The van der Waals surface area contributed by atoms with E-state index < -0.39 is 41.0 Å². The molecule has 2 saturated heterocycles. The molecule has 0 bridgehead atoms. The zero-order chi connectivity index (χ0) is 36.6. The lowest BCUT2D eigenvalue weighted by molar-refractivity contribution is -0.136. The van der Waals surface area contributed by atoms with Crippen molar-refractivity contribution in [3.63, 3.8) is 0 Å². The molecule has 3 aliphatic heterocycles. The number of anilines is 2. The van der Waals surface area contributed by atoms with Gasteiger partial charge in [-0.2, -0.15) is 0 Å². The largest absolute Gasteiger partial charge is 0.384 e. The van der Waals surface area contributed by atoms with Gasteiger partial charge in [0, 0.05) is 36.0 Å². The second kappa shape index (κ2) is 14.2. The molecule has 14 heteroatoms. The van der Waals surface area contributed by atoms with E-state index in [9.17, 15) is 28.8 Å². The molecule has 3 aromatic rings. The Bertz CT molecular complexity index is 2050. The number of nitrogens with zero attached hydrogens (tertiary/aromatic N) is 3. The number of carbonyl (C=O) groups is 6. The molecule has 3 atom stereocenters. The number of aromatic nitrogens is 2. The average molecular weight is 707 g/mol. The van der Waals surface area contributed by atoms with Crippen molar-refractivity contribution >= 4 is 57.9 Å². The van der Waals surface area contributed by atoms with Crippen molar-refractivity contribution in [2.75, 3.05) is 23.7 Å². The van der Waals surface area contributed by atoms with Crippen LogP contribution in [0.15, 0.2) is 60.2 Å². The Labute approximate surface area is 300 Å². The maximum absolute atomic E-state index is 13.4. The number of hydrogen-bond acceptors (Lipinski definition) is 9. The van der Waals surface area contributed by atoms with Crippen LogP contribution >= 0.6 is 0 Å². The Balaban J connectivity index is 0.917. The molecular weight excluding hydrogens is 664 g/mol. The number of benzene rings is 2. The van der Waals surface area contributed by atoms with Crippen LogP contribution < -0.4 is 21.7 Å². The van der Waals surface area contributed by atoms with Gasteiger partial charge in [0.1, 0.15) is 11.9 Å². The van der Waals surface area contributed by atoms with Crippen molar-refractivity contribution in [2.45, 2.75) is 76.9 Å². The summed E-state index contributed by atoms with van der Waals surface area (Å²) in [7, 11) is 0. The molecule has 1 aliphatic carbocycles. The molecule has 0 spiro atoms. The van der Waals surface area contributed by atoms with Gasteiger partial charge in [-0.1, -0.05) is 30.7 Å². The lowest BCUT2D eigenvalue weighted by atomic mass is 9.75. The van der Waals surface area contributed by atoms with Gasteiger partial charge in [0.25, 0.3) is 17.7 Å². The number of imidazole rings is 1. The van der Waals surface area contributed by atoms with Gasteiger partial charge in [-0.15, -0.1) is 0 Å². The number of nitrogens with one attached hydrogen (secondary N) is 4. The maximum atomic E-state index is 13.4. The molecule has 1 aromatic heterocycles. The van der Waals surface area contributed by atoms with Crippen molar-refractivity contribution in [3.8, 4) is 0 Å². The molecule has 6 amide bonds. The van der Waals surface area contributed by atoms with Gasteiger partial charge in [-0.3, -0.25) is 43.9 Å². The number of amides is 6. The lowest BCUT2D eigenvalue weighted by Gasteiger charge is -2.29. The Morgan fingerprint density at radius 2 is 1.92 bits per heavy atom. The molecular formula is C38H42N8O6. The number of allylic oxidation sites excluding steroid dienone is 1. The van der Waals surface area contributed by atoms with E-state index in [1.54, 1.807) is 36.4 Å². The quantitative estimate of drug-likeness (QED) is 0.138. The van der Waals surface area contributed by atoms with Gasteiger partial charge in [-0.25, -0.2) is 4.98 Å². The number of H-pyrrole nitrogens is 1. The second-order valence-electron chi connectivity index (χ2n) is 14.1. The van der Waals surface area contributed by atoms with E-state index in [4.69, 9.17) is 10.7 Å². The number of carbonyl (C=O) groups excluding carboxylic acids is 6. The highest BCUT2D eigenvalue weighted by Crippen LogP contribution is 2.36. The van der Waals surface area contributed by atoms with E-state index >= 15 is 0 Å². The molecule has 14 nitrogen and oxygen atoms in total. The van der Waals surface area contributed by atoms with Crippen LogP contribution in [-0.2, 0) is 25.7 Å². The zero-order valence-corrected chi connectivity index (χ0v) is 29.0. The Hall–Kier alpha value is -5.63. The summed E-state index contributed by atoms with van der Waals surface area (Å²) in [6.45, 7) is 4.50. The first-order chi connectivity index (χ1) is 25.0. The summed E-state index contributed by atoms with van der Waals surface area (Å²) in [5, 5.41) is 8.38. The highest BCUT2D eigenvalue weighted by atomic mass is 16.2. The van der Waals surface area contributed by atoms with Gasteiger partial charge in [0.15, 0.2) is 0 Å². The molecule has 52 heavy (non-hydrogen) atoms. The van der Waals surface area contributed by atoms with Gasteiger partial charge in [0.2, 0.25) is 17.7 Å². The second-order valence-corrected chi connectivity index (χ2v) is 14.1. The molecule has 0 saturated carbocycles. The topological polar surface area (TPSA) is 200 Å². The Morgan fingerprint density at radius 3 is 2.65 bits per heavy atom. The molecule has 4 heterocycles. The Morgan fingerprint density at radius 1 is 1.08 bits per heavy atom. The summed E-state index contributed by atoms with van der Waals surface area (Å²) in [5.74, 6) is -2.11. The first-order valence-electron chi connectivity index (χ1n) is 17.8. The van der Waals surface area contributed by atoms with Crippen LogP contribution in [0.1, 0.15) is 84.8 Å². The minimum atomic E-state index is -1.04. The fraction of sp³-hybridized carbons (Fsp3) is 0.395. The molecule has 270 valence electrons. The van der Waals surface area contributed by atoms with Crippen LogP contribution in [0.3, 0.4) is 0 Å². The van der Waals surface area contributed by atoms with Crippen molar-refractivity contribution < 1.29 is 28.8 Å². The third-order valence-corrected chi connectivity index (χ3v) is 10.7. The number of rotatable bonds is 12. The van der Waals surface area contributed by atoms with Gasteiger partial charge >= 0.3 is 0 Å². The molecule has 2 aromatic carbocycles. The number of piperidine rings is 1. The van der Waals surface area contributed by atoms with Crippen LogP contribution in [0.25, 0.3) is 11.0 Å². The summed E-state index contributed by atoms with van der Waals surface area (Å²) in [6.07, 6.45) is 9.60. The standard InChI is InChI=1S/C38H42N8O6/c1-22-6-5-19-45(22)21-30-42-26-10-9-24(20-28(26)43-30)41-33(48)23-13-16-38(17-14-23,37(39)52)15-2-3-18-40-27-8-4-7-25-32(27)36(51)46(35(25)50)29-11-12-31(47)44-34(29)49/h4,7-10,13-14,16,20,22,29,40H,2-3,5-6,11-12,15,17-19,21H2,1H3,(H2,39,52)(H,41,48)(H,42,43)(H,44,47,49)/t22-,29?,38?/m0/s1. The molecule has 6 N–H and O–H groups in total. The highest BCUT2D eigenvalue weighted by Gasteiger charge is 2.45. The molecule has 2 unspecified atom stereocenters. The summed E-state index contributed by atoms with van der Waals surface area (Å²) in [5.41, 5.74) is 8.54. The smallest absolute Gasteiger partial charge is 0.264 e. The highest BCUT2D eigenvalue weighted by molar-refractivity contribution is 6.25. The number of imide groups is 2. The number of likely N-dealkylation sites (tertiary alicyclic amines) is 1. The third kappa shape index (κ3) is 6.73. The first kappa shape index (κ1) is 34.8. The van der Waals surface area contributed by atoms with Crippen LogP contribution in [0.2, 0.25) is 0 Å². The van der Waals surface area contributed by atoms with Crippen LogP contribution in [0, 0.1) is 5.41 Å². The van der Waals surface area contributed by atoms with E-state index in [2.05, 4.69) is 32.8 Å². The van der Waals surface area contributed by atoms with Crippen LogP contribution in [-0.4, -0.2) is 80.4 Å². The van der Waals surface area contributed by atoms with Gasteiger partial charge < -0.3 is 21.4 Å². The van der Waals surface area contributed by atoms with Crippen LogP contribution in [0.4, 0.5) is 11.4 Å². The van der Waals surface area contributed by atoms with Gasteiger partial charge in [0.05, 0.1) is 34.1 Å². The van der Waals surface area contributed by atoms with E-state index in [0.717, 1.165) is 34.8 Å². The van der Waals surface area contributed by atoms with Crippen LogP contribution in [0.5, 0.6) is 0 Å². The minimum absolute atomic E-state index is 0.0454. The van der Waals surface area contributed by atoms with Crippen molar-refractivity contribution in [1.29, 1.82) is 0 Å².